The van der Waals surface area contributed by atoms with Crippen molar-refractivity contribution >= 4 is 28.5 Å². The second-order valence-corrected chi connectivity index (χ2v) is 5.91. The standard InChI is InChI=1S/C15H17N5O2/c1-19-13(21)15(4-6-16-7-5-15)20(14(19)22)11-2-3-12-10(8-11)9-17-18-12/h2-3,8-9,16H,4-7H2,1H3,(H,17,18). The van der Waals surface area contributed by atoms with Gasteiger partial charge in [0.25, 0.3) is 5.91 Å². The molecule has 2 fully saturated rings. The minimum atomic E-state index is -0.755. The van der Waals surface area contributed by atoms with Crippen LogP contribution >= 0.6 is 0 Å². The molecule has 0 atom stereocenters. The summed E-state index contributed by atoms with van der Waals surface area (Å²) in [4.78, 5) is 28.3. The molecule has 0 saturated carbocycles. The topological polar surface area (TPSA) is 81.3 Å². The van der Waals surface area contributed by atoms with Crippen LogP contribution in [-0.2, 0) is 4.79 Å². The Morgan fingerprint density at radius 2 is 2.00 bits per heavy atom. The number of likely N-dealkylation sites (N-methyl/N-ethyl adjacent to an activating group) is 1. The second-order valence-electron chi connectivity index (χ2n) is 5.91. The molecule has 0 unspecified atom stereocenters. The lowest BCUT2D eigenvalue weighted by molar-refractivity contribution is -0.130. The van der Waals surface area contributed by atoms with Crippen LogP contribution in [0.2, 0.25) is 0 Å². The first-order chi connectivity index (χ1) is 10.6. The van der Waals surface area contributed by atoms with E-state index in [4.69, 9.17) is 0 Å². The number of hydrogen-bond acceptors (Lipinski definition) is 4. The van der Waals surface area contributed by atoms with Gasteiger partial charge in [0.1, 0.15) is 5.54 Å². The number of H-pyrrole nitrogens is 1. The molecular formula is C15H17N5O2. The first-order valence-corrected chi connectivity index (χ1v) is 7.40. The van der Waals surface area contributed by atoms with Crippen molar-refractivity contribution in [3.63, 3.8) is 0 Å². The number of aromatic amines is 1. The van der Waals surface area contributed by atoms with Gasteiger partial charge in [-0.15, -0.1) is 0 Å². The molecule has 114 valence electrons. The molecule has 2 aliphatic rings. The molecule has 7 heteroatoms. The molecule has 1 aromatic heterocycles. The fourth-order valence-electron chi connectivity index (χ4n) is 3.53. The molecule has 3 heterocycles. The fraction of sp³-hybridized carbons (Fsp3) is 0.400. The van der Waals surface area contributed by atoms with Crippen LogP contribution < -0.4 is 10.2 Å². The van der Waals surface area contributed by atoms with Gasteiger partial charge in [-0.3, -0.25) is 19.7 Å². The number of nitrogens with zero attached hydrogens (tertiary/aromatic N) is 3. The highest BCUT2D eigenvalue weighted by Gasteiger charge is 2.56. The van der Waals surface area contributed by atoms with Crippen molar-refractivity contribution in [3.05, 3.63) is 24.4 Å². The SMILES string of the molecule is CN1C(=O)N(c2ccc3[nH]ncc3c2)C2(CCNCC2)C1=O. The van der Waals surface area contributed by atoms with Crippen molar-refractivity contribution in [2.24, 2.45) is 0 Å². The first kappa shape index (κ1) is 13.3. The number of amides is 3. The van der Waals surface area contributed by atoms with Crippen molar-refractivity contribution in [2.75, 3.05) is 25.0 Å². The van der Waals surface area contributed by atoms with E-state index in [1.54, 1.807) is 18.1 Å². The van der Waals surface area contributed by atoms with Crippen LogP contribution in [-0.4, -0.2) is 52.7 Å². The Hall–Kier alpha value is -2.41. The highest BCUT2D eigenvalue weighted by atomic mass is 16.2. The van der Waals surface area contributed by atoms with Crippen molar-refractivity contribution in [1.29, 1.82) is 0 Å². The van der Waals surface area contributed by atoms with E-state index in [9.17, 15) is 9.59 Å². The minimum Gasteiger partial charge on any atom is -0.317 e. The lowest BCUT2D eigenvalue weighted by atomic mass is 9.86. The predicted molar refractivity (Wildman–Crippen MR) is 81.6 cm³/mol. The quantitative estimate of drug-likeness (QED) is 0.772. The zero-order chi connectivity index (χ0) is 15.3. The largest absolute Gasteiger partial charge is 0.331 e. The molecule has 2 aliphatic heterocycles. The number of rotatable bonds is 1. The van der Waals surface area contributed by atoms with E-state index >= 15 is 0 Å². The average molecular weight is 299 g/mol. The molecule has 4 rings (SSSR count). The number of hydrogen-bond donors (Lipinski definition) is 2. The van der Waals surface area contributed by atoms with Gasteiger partial charge >= 0.3 is 6.03 Å². The summed E-state index contributed by atoms with van der Waals surface area (Å²) in [6.45, 7) is 1.47. The van der Waals surface area contributed by atoms with E-state index in [0.717, 1.165) is 29.7 Å². The molecule has 1 aromatic carbocycles. The number of urea groups is 1. The maximum atomic E-state index is 12.7. The van der Waals surface area contributed by atoms with Gasteiger partial charge in [-0.1, -0.05) is 0 Å². The molecule has 0 aliphatic carbocycles. The Morgan fingerprint density at radius 3 is 2.77 bits per heavy atom. The van der Waals surface area contributed by atoms with Crippen LogP contribution in [0.25, 0.3) is 10.9 Å². The molecule has 0 radical (unpaired) electrons. The summed E-state index contributed by atoms with van der Waals surface area (Å²) in [6.07, 6.45) is 2.98. The monoisotopic (exact) mass is 299 g/mol. The van der Waals surface area contributed by atoms with Gasteiger partial charge < -0.3 is 5.32 Å². The van der Waals surface area contributed by atoms with Gasteiger partial charge in [0.05, 0.1) is 11.7 Å². The normalized spacial score (nSPS) is 21.3. The number of nitrogens with one attached hydrogen (secondary N) is 2. The smallest absolute Gasteiger partial charge is 0.317 e. The number of anilines is 1. The average Bonchev–Trinajstić information content (AvgIpc) is 3.07. The predicted octanol–water partition coefficient (Wildman–Crippen LogP) is 1.08. The number of imide groups is 1. The maximum Gasteiger partial charge on any atom is 0.331 e. The van der Waals surface area contributed by atoms with E-state index < -0.39 is 5.54 Å². The Balaban J connectivity index is 1.85. The Bertz CT molecular complexity index is 762. The Kier molecular flexibility index (Phi) is 2.74. The van der Waals surface area contributed by atoms with E-state index in [2.05, 4.69) is 15.5 Å². The van der Waals surface area contributed by atoms with Crippen LogP contribution in [0.3, 0.4) is 0 Å². The Labute approximate surface area is 127 Å². The van der Waals surface area contributed by atoms with E-state index in [1.165, 1.54) is 4.90 Å². The van der Waals surface area contributed by atoms with Gasteiger partial charge in [0.15, 0.2) is 0 Å². The Morgan fingerprint density at radius 1 is 1.23 bits per heavy atom. The molecule has 7 nitrogen and oxygen atoms in total. The highest BCUT2D eigenvalue weighted by molar-refractivity contribution is 6.17. The number of aromatic nitrogens is 2. The summed E-state index contributed by atoms with van der Waals surface area (Å²) in [6, 6.07) is 5.42. The van der Waals surface area contributed by atoms with Crippen LogP contribution in [0.1, 0.15) is 12.8 Å². The van der Waals surface area contributed by atoms with Gasteiger partial charge in [-0.2, -0.15) is 5.10 Å². The van der Waals surface area contributed by atoms with Crippen LogP contribution in [0, 0.1) is 0 Å². The van der Waals surface area contributed by atoms with E-state index in [1.807, 2.05) is 18.2 Å². The summed E-state index contributed by atoms with van der Waals surface area (Å²) >= 11 is 0. The third-order valence-corrected chi connectivity index (χ3v) is 4.72. The van der Waals surface area contributed by atoms with E-state index in [0.29, 0.717) is 12.8 Å². The molecule has 2 aromatic rings. The third-order valence-electron chi connectivity index (χ3n) is 4.72. The molecule has 2 N–H and O–H groups in total. The van der Waals surface area contributed by atoms with Gasteiger partial charge in [-0.25, -0.2) is 4.79 Å². The number of carbonyl (C=O) groups excluding carboxylic acids is 2. The molecule has 1 spiro atoms. The molecule has 0 bridgehead atoms. The van der Waals surface area contributed by atoms with Gasteiger partial charge in [-0.05, 0) is 44.1 Å². The number of fused-ring (bicyclic) bond motifs is 1. The minimum absolute atomic E-state index is 0.105. The lowest BCUT2D eigenvalue weighted by Crippen LogP contribution is -2.56. The summed E-state index contributed by atoms with van der Waals surface area (Å²) < 4.78 is 0. The first-order valence-electron chi connectivity index (χ1n) is 7.40. The second kappa shape index (κ2) is 4.54. The van der Waals surface area contributed by atoms with Crippen LogP contribution in [0.15, 0.2) is 24.4 Å². The third kappa shape index (κ3) is 1.62. The zero-order valence-electron chi connectivity index (χ0n) is 12.3. The molecular weight excluding hydrogens is 282 g/mol. The zero-order valence-corrected chi connectivity index (χ0v) is 12.3. The summed E-state index contributed by atoms with van der Waals surface area (Å²) in [7, 11) is 1.56. The maximum absolute atomic E-state index is 12.7. The summed E-state index contributed by atoms with van der Waals surface area (Å²) in [5, 5.41) is 11.1. The van der Waals surface area contributed by atoms with Crippen LogP contribution in [0.5, 0.6) is 0 Å². The number of carbonyl (C=O) groups is 2. The fourth-order valence-corrected chi connectivity index (χ4v) is 3.53. The van der Waals surface area contributed by atoms with Gasteiger partial charge in [0.2, 0.25) is 0 Å². The summed E-state index contributed by atoms with van der Waals surface area (Å²) in [5.74, 6) is -0.105. The number of piperidine rings is 1. The highest BCUT2D eigenvalue weighted by Crippen LogP contribution is 2.39. The van der Waals surface area contributed by atoms with Crippen LogP contribution in [0.4, 0.5) is 10.5 Å². The van der Waals surface area contributed by atoms with Crippen molar-refractivity contribution in [1.82, 2.24) is 20.4 Å². The molecule has 22 heavy (non-hydrogen) atoms. The molecule has 3 amide bonds. The van der Waals surface area contributed by atoms with Gasteiger partial charge in [0, 0.05) is 18.1 Å². The summed E-state index contributed by atoms with van der Waals surface area (Å²) in [5.41, 5.74) is 0.905. The molecule has 2 saturated heterocycles. The van der Waals surface area contributed by atoms with Crippen molar-refractivity contribution < 1.29 is 9.59 Å². The lowest BCUT2D eigenvalue weighted by Gasteiger charge is -2.38. The van der Waals surface area contributed by atoms with Crippen molar-refractivity contribution in [2.45, 2.75) is 18.4 Å². The van der Waals surface area contributed by atoms with Crippen molar-refractivity contribution in [3.8, 4) is 0 Å². The van der Waals surface area contributed by atoms with E-state index in [-0.39, 0.29) is 11.9 Å². The number of benzene rings is 1.